The highest BCUT2D eigenvalue weighted by Gasteiger charge is 2.39. The molecule has 3 N–H and O–H groups in total. The Labute approximate surface area is 128 Å². The second-order valence-corrected chi connectivity index (χ2v) is 6.57. The largest absolute Gasteiger partial charge is 0.329 e. The Morgan fingerprint density at radius 1 is 1.29 bits per heavy atom. The Hall–Kier alpha value is -1.35. The average Bonchev–Trinajstić information content (AvgIpc) is 2.50. The lowest BCUT2D eigenvalue weighted by Gasteiger charge is -2.37. The minimum absolute atomic E-state index is 0.0974. The van der Waals surface area contributed by atoms with Gasteiger partial charge < -0.3 is 11.1 Å². The molecule has 1 fully saturated rings. The number of hydrogen-bond acceptors (Lipinski definition) is 2. The van der Waals surface area contributed by atoms with Gasteiger partial charge in [-0.3, -0.25) is 4.79 Å². The fraction of sp³-hybridized carbons (Fsp3) is 0.611. The topological polar surface area (TPSA) is 55.1 Å². The van der Waals surface area contributed by atoms with Crippen molar-refractivity contribution in [2.45, 2.75) is 52.4 Å². The first kappa shape index (κ1) is 16.0. The number of rotatable bonds is 5. The van der Waals surface area contributed by atoms with Gasteiger partial charge in [-0.15, -0.1) is 0 Å². The van der Waals surface area contributed by atoms with E-state index in [1.54, 1.807) is 0 Å². The first-order valence-corrected chi connectivity index (χ1v) is 8.20. The number of carbonyl (C=O) groups excluding carboxylic acids is 1. The number of carbonyl (C=O) groups is 1. The van der Waals surface area contributed by atoms with Crippen LogP contribution in [-0.2, 0) is 11.2 Å². The summed E-state index contributed by atoms with van der Waals surface area (Å²) in [6.45, 7) is 4.87. The Balaban J connectivity index is 2.02. The van der Waals surface area contributed by atoms with Crippen LogP contribution in [0.2, 0.25) is 0 Å². The van der Waals surface area contributed by atoms with Crippen LogP contribution in [0.4, 0.5) is 5.69 Å². The highest BCUT2D eigenvalue weighted by molar-refractivity contribution is 5.95. The molecule has 116 valence electrons. The molecule has 1 aliphatic carbocycles. The van der Waals surface area contributed by atoms with Crippen molar-refractivity contribution in [1.29, 1.82) is 0 Å². The van der Waals surface area contributed by atoms with Crippen molar-refractivity contribution >= 4 is 11.6 Å². The van der Waals surface area contributed by atoms with Gasteiger partial charge in [0.05, 0.1) is 5.41 Å². The van der Waals surface area contributed by atoms with Crippen LogP contribution in [0.5, 0.6) is 0 Å². The molecule has 0 radical (unpaired) electrons. The van der Waals surface area contributed by atoms with Gasteiger partial charge in [0.1, 0.15) is 0 Å². The van der Waals surface area contributed by atoms with Crippen LogP contribution >= 0.6 is 0 Å². The molecule has 0 heterocycles. The summed E-state index contributed by atoms with van der Waals surface area (Å²) < 4.78 is 0. The lowest BCUT2D eigenvalue weighted by molar-refractivity contribution is -0.127. The van der Waals surface area contributed by atoms with Crippen molar-refractivity contribution < 1.29 is 4.79 Å². The van der Waals surface area contributed by atoms with E-state index in [1.807, 2.05) is 12.1 Å². The van der Waals surface area contributed by atoms with Gasteiger partial charge in [0.25, 0.3) is 0 Å². The minimum atomic E-state index is -0.366. The summed E-state index contributed by atoms with van der Waals surface area (Å²) in [4.78, 5) is 12.6. The molecule has 0 aromatic heterocycles. The molecule has 0 aliphatic heterocycles. The monoisotopic (exact) mass is 288 g/mol. The predicted molar refractivity (Wildman–Crippen MR) is 88.2 cm³/mol. The summed E-state index contributed by atoms with van der Waals surface area (Å²) in [6, 6.07) is 8.19. The second kappa shape index (κ2) is 7.08. The van der Waals surface area contributed by atoms with Gasteiger partial charge in [0, 0.05) is 12.2 Å². The van der Waals surface area contributed by atoms with Crippen LogP contribution in [0.15, 0.2) is 24.3 Å². The second-order valence-electron chi connectivity index (χ2n) is 6.57. The Bertz CT molecular complexity index is 459. The summed E-state index contributed by atoms with van der Waals surface area (Å²) in [5.41, 5.74) is 7.77. The van der Waals surface area contributed by atoms with E-state index >= 15 is 0 Å². The van der Waals surface area contributed by atoms with Crippen LogP contribution in [0, 0.1) is 11.3 Å². The molecular formula is C18H28N2O. The Morgan fingerprint density at radius 2 is 1.90 bits per heavy atom. The zero-order valence-corrected chi connectivity index (χ0v) is 13.3. The first-order valence-electron chi connectivity index (χ1n) is 8.20. The zero-order valence-electron chi connectivity index (χ0n) is 13.3. The van der Waals surface area contributed by atoms with Gasteiger partial charge in [0.2, 0.25) is 5.91 Å². The maximum atomic E-state index is 12.6. The van der Waals surface area contributed by atoms with Crippen LogP contribution in [0.25, 0.3) is 0 Å². The van der Waals surface area contributed by atoms with Crippen molar-refractivity contribution in [3.8, 4) is 0 Å². The van der Waals surface area contributed by atoms with Crippen molar-refractivity contribution in [3.63, 3.8) is 0 Å². The van der Waals surface area contributed by atoms with Gasteiger partial charge in [-0.05, 0) is 55.7 Å². The molecule has 1 aromatic rings. The van der Waals surface area contributed by atoms with E-state index < -0.39 is 0 Å². The quantitative estimate of drug-likeness (QED) is 0.867. The molecule has 1 aliphatic rings. The number of amides is 1. The number of aryl methyl sites for hydroxylation is 1. The lowest BCUT2D eigenvalue weighted by Crippen LogP contribution is -2.44. The lowest BCUT2D eigenvalue weighted by atomic mass is 9.70. The maximum absolute atomic E-state index is 12.6. The van der Waals surface area contributed by atoms with Crippen molar-refractivity contribution in [1.82, 2.24) is 0 Å². The van der Waals surface area contributed by atoms with E-state index in [2.05, 4.69) is 31.3 Å². The fourth-order valence-corrected chi connectivity index (χ4v) is 3.15. The van der Waals surface area contributed by atoms with Crippen LogP contribution in [0.1, 0.15) is 51.5 Å². The summed E-state index contributed by atoms with van der Waals surface area (Å²) in [7, 11) is 0. The smallest absolute Gasteiger partial charge is 0.231 e. The first-order chi connectivity index (χ1) is 10.1. The molecule has 0 unspecified atom stereocenters. The SMILES string of the molecule is CCCc1ccc(NC(=O)C2(CN)CCC(C)CC2)cc1. The van der Waals surface area contributed by atoms with E-state index in [0.717, 1.165) is 44.2 Å². The number of benzene rings is 1. The van der Waals surface area contributed by atoms with E-state index in [0.29, 0.717) is 12.5 Å². The third-order valence-corrected chi connectivity index (χ3v) is 4.85. The molecule has 3 nitrogen and oxygen atoms in total. The number of anilines is 1. The third kappa shape index (κ3) is 3.85. The van der Waals surface area contributed by atoms with Crippen LogP contribution < -0.4 is 11.1 Å². The Morgan fingerprint density at radius 3 is 2.43 bits per heavy atom. The standard InChI is InChI=1S/C18H28N2O/c1-3-4-15-5-7-16(8-6-15)20-17(21)18(13-19)11-9-14(2)10-12-18/h5-8,14H,3-4,9-13,19H2,1-2H3,(H,20,21). The predicted octanol–water partition coefficient (Wildman–Crippen LogP) is 3.73. The van der Waals surface area contributed by atoms with Crippen molar-refractivity contribution in [2.75, 3.05) is 11.9 Å². The van der Waals surface area contributed by atoms with E-state index in [9.17, 15) is 4.79 Å². The molecule has 0 bridgehead atoms. The zero-order chi connectivity index (χ0) is 15.3. The van der Waals surface area contributed by atoms with Crippen LogP contribution in [0.3, 0.4) is 0 Å². The maximum Gasteiger partial charge on any atom is 0.231 e. The highest BCUT2D eigenvalue weighted by Crippen LogP contribution is 2.39. The summed E-state index contributed by atoms with van der Waals surface area (Å²) >= 11 is 0. The molecule has 3 heteroatoms. The molecule has 1 aromatic carbocycles. The average molecular weight is 288 g/mol. The molecule has 0 spiro atoms. The van der Waals surface area contributed by atoms with Crippen LogP contribution in [-0.4, -0.2) is 12.5 Å². The van der Waals surface area contributed by atoms with Gasteiger partial charge in [-0.1, -0.05) is 32.4 Å². The van der Waals surface area contributed by atoms with Gasteiger partial charge >= 0.3 is 0 Å². The number of hydrogen-bond donors (Lipinski definition) is 2. The van der Waals surface area contributed by atoms with Crippen molar-refractivity contribution in [3.05, 3.63) is 29.8 Å². The highest BCUT2D eigenvalue weighted by atomic mass is 16.2. The van der Waals surface area contributed by atoms with E-state index in [1.165, 1.54) is 5.56 Å². The molecule has 0 saturated heterocycles. The third-order valence-electron chi connectivity index (χ3n) is 4.85. The summed E-state index contributed by atoms with van der Waals surface area (Å²) in [5, 5.41) is 3.07. The van der Waals surface area contributed by atoms with Gasteiger partial charge in [-0.2, -0.15) is 0 Å². The molecule has 0 atom stereocenters. The number of nitrogens with two attached hydrogens (primary N) is 1. The Kier molecular flexibility index (Phi) is 5.40. The molecule has 21 heavy (non-hydrogen) atoms. The number of nitrogens with one attached hydrogen (secondary N) is 1. The van der Waals surface area contributed by atoms with E-state index in [-0.39, 0.29) is 11.3 Å². The van der Waals surface area contributed by atoms with E-state index in [4.69, 9.17) is 5.73 Å². The molecule has 1 saturated carbocycles. The normalized spacial score (nSPS) is 25.6. The van der Waals surface area contributed by atoms with Gasteiger partial charge in [-0.25, -0.2) is 0 Å². The molecular weight excluding hydrogens is 260 g/mol. The van der Waals surface area contributed by atoms with Gasteiger partial charge in [0.15, 0.2) is 0 Å². The van der Waals surface area contributed by atoms with Crippen molar-refractivity contribution in [2.24, 2.45) is 17.1 Å². The molecule has 1 amide bonds. The summed E-state index contributed by atoms with van der Waals surface area (Å²) in [6.07, 6.45) is 6.23. The molecule has 2 rings (SSSR count). The summed E-state index contributed by atoms with van der Waals surface area (Å²) in [5.74, 6) is 0.811. The minimum Gasteiger partial charge on any atom is -0.329 e. The fourth-order valence-electron chi connectivity index (χ4n) is 3.15.